The summed E-state index contributed by atoms with van der Waals surface area (Å²) in [5.41, 5.74) is 7.88. The van der Waals surface area contributed by atoms with Crippen molar-refractivity contribution in [3.8, 4) is 0 Å². The van der Waals surface area contributed by atoms with Gasteiger partial charge in [-0.1, -0.05) is 0 Å². The van der Waals surface area contributed by atoms with Crippen molar-refractivity contribution in [2.75, 3.05) is 17.7 Å². The minimum absolute atomic E-state index is 0.180. The van der Waals surface area contributed by atoms with E-state index in [0.29, 0.717) is 29.1 Å². The Labute approximate surface area is 133 Å². The Bertz CT molecular complexity index is 858. The van der Waals surface area contributed by atoms with Crippen molar-refractivity contribution in [3.05, 3.63) is 49.3 Å². The van der Waals surface area contributed by atoms with Gasteiger partial charge in [-0.2, -0.15) is 0 Å². The highest BCUT2D eigenvalue weighted by molar-refractivity contribution is 9.11. The summed E-state index contributed by atoms with van der Waals surface area (Å²) in [5.74, 6) is 0.541. The molecule has 5 nitrogen and oxygen atoms in total. The van der Waals surface area contributed by atoms with E-state index >= 15 is 0 Å². The lowest BCUT2D eigenvalue weighted by atomic mass is 10.2. The highest BCUT2D eigenvalue weighted by Crippen LogP contribution is 2.22. The van der Waals surface area contributed by atoms with E-state index in [4.69, 9.17) is 5.73 Å². The maximum atomic E-state index is 12.1. The van der Waals surface area contributed by atoms with Crippen LogP contribution >= 0.6 is 27.3 Å². The summed E-state index contributed by atoms with van der Waals surface area (Å²) in [6.07, 6.45) is 0. The van der Waals surface area contributed by atoms with Crippen LogP contribution < -0.4 is 16.2 Å². The zero-order chi connectivity index (χ0) is 15.0. The van der Waals surface area contributed by atoms with Gasteiger partial charge in [0, 0.05) is 19.3 Å². The van der Waals surface area contributed by atoms with Crippen LogP contribution in [0.4, 0.5) is 11.6 Å². The molecule has 0 atom stereocenters. The molecule has 2 heterocycles. The van der Waals surface area contributed by atoms with Gasteiger partial charge < -0.3 is 10.6 Å². The standard InChI is InChI=1S/C14H13BrN4OS/c1-19(6-8-4-12(15)21-7-8)14-17-11-3-2-9(16)5-10(11)13(20)18-14/h2-5,7H,6,16H2,1H3,(H,17,18,20). The van der Waals surface area contributed by atoms with Gasteiger partial charge in [-0.15, -0.1) is 11.3 Å². The number of anilines is 2. The molecular formula is C14H13BrN4OS. The van der Waals surface area contributed by atoms with Crippen molar-refractivity contribution in [2.45, 2.75) is 6.54 Å². The van der Waals surface area contributed by atoms with Crippen LogP contribution in [0.15, 0.2) is 38.2 Å². The van der Waals surface area contributed by atoms with E-state index in [2.05, 4.69) is 37.3 Å². The van der Waals surface area contributed by atoms with Crippen molar-refractivity contribution < 1.29 is 0 Å². The number of hydrogen-bond acceptors (Lipinski definition) is 5. The van der Waals surface area contributed by atoms with Gasteiger partial charge >= 0.3 is 0 Å². The number of thiophene rings is 1. The van der Waals surface area contributed by atoms with Crippen LogP contribution in [0.2, 0.25) is 0 Å². The van der Waals surface area contributed by atoms with E-state index in [-0.39, 0.29) is 5.56 Å². The Morgan fingerprint density at radius 2 is 2.24 bits per heavy atom. The maximum Gasteiger partial charge on any atom is 0.260 e. The number of hydrogen-bond donors (Lipinski definition) is 2. The molecule has 3 aromatic rings. The number of rotatable bonds is 3. The molecule has 0 radical (unpaired) electrons. The van der Waals surface area contributed by atoms with Gasteiger partial charge in [0.15, 0.2) is 0 Å². The fourth-order valence-corrected chi connectivity index (χ4v) is 3.30. The summed E-state index contributed by atoms with van der Waals surface area (Å²) < 4.78 is 1.08. The summed E-state index contributed by atoms with van der Waals surface area (Å²) in [6.45, 7) is 0.672. The first kappa shape index (κ1) is 14.1. The molecule has 0 aliphatic heterocycles. The average Bonchev–Trinajstić information content (AvgIpc) is 2.84. The van der Waals surface area contributed by atoms with E-state index in [1.165, 1.54) is 0 Å². The SMILES string of the molecule is CN(Cc1csc(Br)c1)c1nc2ccc(N)cc2c(=O)[nH]1. The first-order chi connectivity index (χ1) is 10.0. The van der Waals surface area contributed by atoms with Gasteiger partial charge in [0.1, 0.15) is 0 Å². The second kappa shape index (κ2) is 5.50. The van der Waals surface area contributed by atoms with Gasteiger partial charge in [-0.3, -0.25) is 9.78 Å². The molecule has 0 unspecified atom stereocenters. The van der Waals surface area contributed by atoms with E-state index in [9.17, 15) is 4.79 Å². The molecule has 21 heavy (non-hydrogen) atoms. The van der Waals surface area contributed by atoms with E-state index in [1.807, 2.05) is 11.9 Å². The van der Waals surface area contributed by atoms with Crippen LogP contribution in [0, 0.1) is 0 Å². The fourth-order valence-electron chi connectivity index (χ4n) is 2.10. The van der Waals surface area contributed by atoms with E-state index in [0.717, 1.165) is 9.35 Å². The van der Waals surface area contributed by atoms with Gasteiger partial charge in [0.25, 0.3) is 5.56 Å². The van der Waals surface area contributed by atoms with E-state index in [1.54, 1.807) is 29.5 Å². The Morgan fingerprint density at radius 1 is 1.43 bits per heavy atom. The first-order valence-electron chi connectivity index (χ1n) is 6.26. The van der Waals surface area contributed by atoms with Crippen LogP contribution in [0.1, 0.15) is 5.56 Å². The molecule has 108 valence electrons. The molecule has 7 heteroatoms. The van der Waals surface area contributed by atoms with Crippen LogP contribution in [-0.4, -0.2) is 17.0 Å². The Hall–Kier alpha value is -1.86. The number of aromatic amines is 1. The molecule has 3 N–H and O–H groups in total. The predicted octanol–water partition coefficient (Wildman–Crippen LogP) is 2.97. The summed E-state index contributed by atoms with van der Waals surface area (Å²) in [4.78, 5) is 21.3. The average molecular weight is 365 g/mol. The zero-order valence-corrected chi connectivity index (χ0v) is 13.7. The van der Waals surface area contributed by atoms with Crippen molar-refractivity contribution >= 4 is 49.8 Å². The molecule has 1 aromatic carbocycles. The second-order valence-corrected chi connectivity index (χ2v) is 7.07. The smallest absolute Gasteiger partial charge is 0.260 e. The monoisotopic (exact) mass is 364 g/mol. The molecule has 0 aliphatic carbocycles. The number of benzene rings is 1. The van der Waals surface area contributed by atoms with Crippen molar-refractivity contribution in [1.29, 1.82) is 0 Å². The summed E-state index contributed by atoms with van der Waals surface area (Å²) in [6, 6.07) is 7.20. The van der Waals surface area contributed by atoms with E-state index < -0.39 is 0 Å². The molecule has 0 aliphatic rings. The Kier molecular flexibility index (Phi) is 3.69. The summed E-state index contributed by atoms with van der Waals surface area (Å²) >= 11 is 5.08. The maximum absolute atomic E-state index is 12.1. The molecular weight excluding hydrogens is 352 g/mol. The van der Waals surface area contributed by atoms with Gasteiger partial charge in [-0.25, -0.2) is 4.98 Å². The molecule has 0 saturated carbocycles. The Balaban J connectivity index is 1.96. The molecule has 0 fully saturated rings. The van der Waals surface area contributed by atoms with Crippen LogP contribution in [0.5, 0.6) is 0 Å². The number of fused-ring (bicyclic) bond motifs is 1. The number of nitrogens with one attached hydrogen (secondary N) is 1. The number of H-pyrrole nitrogens is 1. The molecule has 0 bridgehead atoms. The van der Waals surface area contributed by atoms with Crippen molar-refractivity contribution in [2.24, 2.45) is 0 Å². The normalized spacial score (nSPS) is 11.0. The molecule has 0 saturated heterocycles. The summed E-state index contributed by atoms with van der Waals surface area (Å²) in [5, 5.41) is 2.57. The second-order valence-electron chi connectivity index (χ2n) is 4.78. The lowest BCUT2D eigenvalue weighted by Gasteiger charge is -2.17. The van der Waals surface area contributed by atoms with Gasteiger partial charge in [0.05, 0.1) is 14.7 Å². The predicted molar refractivity (Wildman–Crippen MR) is 90.9 cm³/mol. The quantitative estimate of drug-likeness (QED) is 0.700. The summed E-state index contributed by atoms with van der Waals surface area (Å²) in [7, 11) is 1.90. The van der Waals surface area contributed by atoms with Crippen LogP contribution in [0.25, 0.3) is 10.9 Å². The Morgan fingerprint density at radius 3 is 2.95 bits per heavy atom. The van der Waals surface area contributed by atoms with Gasteiger partial charge in [0.2, 0.25) is 5.95 Å². The third-order valence-corrected chi connectivity index (χ3v) is 4.67. The van der Waals surface area contributed by atoms with Crippen molar-refractivity contribution in [3.63, 3.8) is 0 Å². The first-order valence-corrected chi connectivity index (χ1v) is 7.94. The largest absolute Gasteiger partial charge is 0.399 e. The minimum Gasteiger partial charge on any atom is -0.399 e. The lowest BCUT2D eigenvalue weighted by Crippen LogP contribution is -2.22. The highest BCUT2D eigenvalue weighted by Gasteiger charge is 2.09. The number of nitrogen functional groups attached to an aromatic ring is 1. The van der Waals surface area contributed by atoms with Crippen LogP contribution in [0.3, 0.4) is 0 Å². The number of nitrogens with zero attached hydrogens (tertiary/aromatic N) is 2. The number of nitrogens with two attached hydrogens (primary N) is 1. The van der Waals surface area contributed by atoms with Crippen LogP contribution in [-0.2, 0) is 6.54 Å². The fraction of sp³-hybridized carbons (Fsp3) is 0.143. The zero-order valence-electron chi connectivity index (χ0n) is 11.3. The lowest BCUT2D eigenvalue weighted by molar-refractivity contribution is 0.871. The molecule has 0 amide bonds. The molecule has 0 spiro atoms. The molecule has 2 aromatic heterocycles. The molecule has 3 rings (SSSR count). The third-order valence-electron chi connectivity index (χ3n) is 3.12. The number of halogens is 1. The number of aromatic nitrogens is 2. The minimum atomic E-state index is -0.180. The van der Waals surface area contributed by atoms with Gasteiger partial charge in [-0.05, 0) is 51.1 Å². The van der Waals surface area contributed by atoms with Crippen molar-refractivity contribution in [1.82, 2.24) is 9.97 Å². The highest BCUT2D eigenvalue weighted by atomic mass is 79.9. The topological polar surface area (TPSA) is 75.0 Å². The third kappa shape index (κ3) is 2.93.